The number of hydrogen-bond donors (Lipinski definition) is 2. The molecule has 0 bridgehead atoms. The molecular formula is C27H31N7O2. The number of aliphatic hydroxyl groups excluding tert-OH is 2. The van der Waals surface area contributed by atoms with Crippen LogP contribution in [0.3, 0.4) is 0 Å². The van der Waals surface area contributed by atoms with Crippen molar-refractivity contribution in [2.45, 2.75) is 51.6 Å². The second-order valence-corrected chi connectivity index (χ2v) is 9.83. The summed E-state index contributed by atoms with van der Waals surface area (Å²) < 4.78 is 2.24. The number of nitrogens with zero attached hydrogens (tertiary/aromatic N) is 7. The Morgan fingerprint density at radius 1 is 1.08 bits per heavy atom. The van der Waals surface area contributed by atoms with Gasteiger partial charge in [0.1, 0.15) is 17.6 Å². The first-order chi connectivity index (χ1) is 17.5. The minimum absolute atomic E-state index is 0.0334. The average Bonchev–Trinajstić information content (AvgIpc) is 3.48. The summed E-state index contributed by atoms with van der Waals surface area (Å²) in [6, 6.07) is 12.5. The van der Waals surface area contributed by atoms with Crippen LogP contribution in [-0.2, 0) is 13.0 Å². The fraction of sp³-hybridized carbons (Fsp3) is 0.407. The second kappa shape index (κ2) is 9.24. The van der Waals surface area contributed by atoms with Crippen LogP contribution in [0.2, 0.25) is 0 Å². The quantitative estimate of drug-likeness (QED) is 0.445. The summed E-state index contributed by atoms with van der Waals surface area (Å²) in [6.07, 6.45) is 5.10. The van der Waals surface area contributed by atoms with Crippen LogP contribution in [0.15, 0.2) is 48.8 Å². The minimum atomic E-state index is -0.449. The van der Waals surface area contributed by atoms with Crippen LogP contribution in [0.5, 0.6) is 0 Å². The lowest BCUT2D eigenvalue weighted by Gasteiger charge is -2.41. The standard InChI is InChI=1S/C27H31N7O2/c1-17-15-32(10-11-33(17)18(2)36)27-28-13-21(14-29-27)22-6-7-23-26(31-22)34-24(8-9-25(34)30-23)20-5-3-4-19(12-20)16-35/h3-7,12-14,17-18,24,35-36H,8-11,15-16H2,1-2H3/t17-,18?,24-/m1/s1. The van der Waals surface area contributed by atoms with Crippen LogP contribution in [0, 0.1) is 0 Å². The van der Waals surface area contributed by atoms with E-state index < -0.39 is 6.23 Å². The molecule has 6 rings (SSSR count). The normalized spacial score (nSPS) is 21.2. The van der Waals surface area contributed by atoms with Gasteiger partial charge in [0.05, 0.1) is 18.3 Å². The molecule has 3 atom stereocenters. The number of piperazine rings is 1. The Hall–Kier alpha value is -3.40. The maximum Gasteiger partial charge on any atom is 0.225 e. The van der Waals surface area contributed by atoms with Gasteiger partial charge in [-0.3, -0.25) is 4.90 Å². The van der Waals surface area contributed by atoms with E-state index in [0.29, 0.717) is 5.95 Å². The van der Waals surface area contributed by atoms with Crippen molar-refractivity contribution in [2.75, 3.05) is 24.5 Å². The Morgan fingerprint density at radius 3 is 2.67 bits per heavy atom. The number of rotatable bonds is 5. The first kappa shape index (κ1) is 23.0. The molecule has 0 saturated carbocycles. The zero-order chi connectivity index (χ0) is 24.8. The highest BCUT2D eigenvalue weighted by molar-refractivity contribution is 5.76. The van der Waals surface area contributed by atoms with Gasteiger partial charge in [-0.2, -0.15) is 0 Å². The Labute approximate surface area is 210 Å². The van der Waals surface area contributed by atoms with E-state index in [0.717, 1.165) is 66.3 Å². The number of pyridine rings is 1. The van der Waals surface area contributed by atoms with E-state index in [-0.39, 0.29) is 18.7 Å². The van der Waals surface area contributed by atoms with Crippen molar-refractivity contribution in [2.24, 2.45) is 0 Å². The van der Waals surface area contributed by atoms with Crippen molar-refractivity contribution in [3.8, 4) is 11.3 Å². The minimum Gasteiger partial charge on any atom is -0.392 e. The first-order valence-corrected chi connectivity index (χ1v) is 12.6. The lowest BCUT2D eigenvalue weighted by molar-refractivity contribution is -0.0121. The molecule has 186 valence electrons. The summed E-state index contributed by atoms with van der Waals surface area (Å²) in [4.78, 5) is 23.4. The number of aromatic nitrogens is 5. The van der Waals surface area contributed by atoms with Crippen molar-refractivity contribution in [1.82, 2.24) is 29.4 Å². The third-order valence-electron chi connectivity index (χ3n) is 7.46. The third kappa shape index (κ3) is 4.03. The summed E-state index contributed by atoms with van der Waals surface area (Å²) in [7, 11) is 0. The monoisotopic (exact) mass is 485 g/mol. The van der Waals surface area contributed by atoms with Crippen LogP contribution in [0.25, 0.3) is 22.4 Å². The highest BCUT2D eigenvalue weighted by atomic mass is 16.3. The van der Waals surface area contributed by atoms with Gasteiger partial charge in [0, 0.05) is 50.1 Å². The molecule has 36 heavy (non-hydrogen) atoms. The van der Waals surface area contributed by atoms with Crippen molar-refractivity contribution >= 4 is 17.1 Å². The van der Waals surface area contributed by atoms with Crippen LogP contribution < -0.4 is 4.90 Å². The van der Waals surface area contributed by atoms with Gasteiger partial charge in [0.15, 0.2) is 5.65 Å². The number of imidazole rings is 1. The fourth-order valence-electron chi connectivity index (χ4n) is 5.62. The molecule has 1 saturated heterocycles. The van der Waals surface area contributed by atoms with Crippen molar-refractivity contribution in [3.05, 3.63) is 65.7 Å². The van der Waals surface area contributed by atoms with Gasteiger partial charge >= 0.3 is 0 Å². The largest absolute Gasteiger partial charge is 0.392 e. The molecule has 5 heterocycles. The first-order valence-electron chi connectivity index (χ1n) is 12.6. The van der Waals surface area contributed by atoms with Gasteiger partial charge in [-0.15, -0.1) is 0 Å². The molecular weight excluding hydrogens is 454 g/mol. The maximum atomic E-state index is 9.94. The Balaban J connectivity index is 1.28. The van der Waals surface area contributed by atoms with Crippen molar-refractivity contribution < 1.29 is 10.2 Å². The lowest BCUT2D eigenvalue weighted by Crippen LogP contribution is -2.55. The molecule has 0 aliphatic carbocycles. The van der Waals surface area contributed by atoms with Crippen molar-refractivity contribution in [3.63, 3.8) is 0 Å². The number of fused-ring (bicyclic) bond motifs is 3. The Kier molecular flexibility index (Phi) is 5.91. The molecule has 2 N–H and O–H groups in total. The van der Waals surface area contributed by atoms with E-state index in [9.17, 15) is 10.2 Å². The molecule has 0 radical (unpaired) electrons. The Bertz CT molecular complexity index is 1380. The molecule has 2 aliphatic rings. The molecule has 4 aromatic rings. The summed E-state index contributed by atoms with van der Waals surface area (Å²) in [6.45, 7) is 6.28. The molecule has 9 nitrogen and oxygen atoms in total. The van der Waals surface area contributed by atoms with E-state index in [1.165, 1.54) is 5.56 Å². The number of aryl methyl sites for hydroxylation is 1. The molecule has 1 fully saturated rings. The summed E-state index contributed by atoms with van der Waals surface area (Å²) in [5.41, 5.74) is 5.52. The molecule has 9 heteroatoms. The predicted molar refractivity (Wildman–Crippen MR) is 137 cm³/mol. The van der Waals surface area contributed by atoms with E-state index in [1.54, 1.807) is 0 Å². The molecule has 1 aromatic carbocycles. The van der Waals surface area contributed by atoms with E-state index in [2.05, 4.69) is 43.4 Å². The third-order valence-corrected chi connectivity index (χ3v) is 7.46. The van der Waals surface area contributed by atoms with Crippen LogP contribution in [-0.4, -0.2) is 71.5 Å². The van der Waals surface area contributed by atoms with E-state index in [4.69, 9.17) is 9.97 Å². The molecule has 1 unspecified atom stereocenters. The SMILES string of the molecule is CC(O)N1CCN(c2ncc(-c3ccc4nc5n(c4n3)[C@@H](c3cccc(CO)c3)CC5)cn2)C[C@H]1C. The van der Waals surface area contributed by atoms with Crippen LogP contribution in [0.1, 0.15) is 43.3 Å². The van der Waals surface area contributed by atoms with Gasteiger partial charge < -0.3 is 19.7 Å². The van der Waals surface area contributed by atoms with Gasteiger partial charge in [0.2, 0.25) is 5.95 Å². The van der Waals surface area contributed by atoms with Crippen molar-refractivity contribution in [1.29, 1.82) is 0 Å². The summed E-state index contributed by atoms with van der Waals surface area (Å²) in [5.74, 6) is 1.75. The Morgan fingerprint density at radius 2 is 1.92 bits per heavy atom. The zero-order valence-corrected chi connectivity index (χ0v) is 20.6. The highest BCUT2D eigenvalue weighted by Gasteiger charge is 2.29. The number of hydrogen-bond acceptors (Lipinski definition) is 8. The maximum absolute atomic E-state index is 9.94. The van der Waals surface area contributed by atoms with Gasteiger partial charge in [-0.25, -0.2) is 19.9 Å². The van der Waals surface area contributed by atoms with Crippen LogP contribution >= 0.6 is 0 Å². The van der Waals surface area contributed by atoms with Gasteiger partial charge in [0.25, 0.3) is 0 Å². The second-order valence-electron chi connectivity index (χ2n) is 9.83. The summed E-state index contributed by atoms with van der Waals surface area (Å²) in [5, 5.41) is 19.5. The predicted octanol–water partition coefficient (Wildman–Crippen LogP) is 2.77. The lowest BCUT2D eigenvalue weighted by atomic mass is 10.0. The molecule has 0 spiro atoms. The zero-order valence-electron chi connectivity index (χ0n) is 20.6. The fourth-order valence-corrected chi connectivity index (χ4v) is 5.62. The van der Waals surface area contributed by atoms with Gasteiger partial charge in [-0.05, 0) is 43.5 Å². The average molecular weight is 486 g/mol. The number of anilines is 1. The highest BCUT2D eigenvalue weighted by Crippen LogP contribution is 2.36. The molecule has 3 aromatic heterocycles. The van der Waals surface area contributed by atoms with Gasteiger partial charge in [-0.1, -0.05) is 24.3 Å². The molecule has 0 amide bonds. The topological polar surface area (TPSA) is 103 Å². The summed E-state index contributed by atoms with van der Waals surface area (Å²) >= 11 is 0. The van der Waals surface area contributed by atoms with Crippen LogP contribution in [0.4, 0.5) is 5.95 Å². The number of benzene rings is 1. The smallest absolute Gasteiger partial charge is 0.225 e. The number of aliphatic hydroxyl groups is 2. The van der Waals surface area contributed by atoms with E-state index >= 15 is 0 Å². The van der Waals surface area contributed by atoms with E-state index in [1.807, 2.05) is 43.6 Å². The molecule has 2 aliphatic heterocycles.